The van der Waals surface area contributed by atoms with Crippen molar-refractivity contribution >= 4 is 13.3 Å². The summed E-state index contributed by atoms with van der Waals surface area (Å²) in [5, 5.41) is 9.22. The quantitative estimate of drug-likeness (QED) is 0.545. The highest BCUT2D eigenvalue weighted by atomic mass is 19.1. The first-order chi connectivity index (χ1) is 5.04. The Bertz CT molecular complexity index is 270. The number of phenols is 1. The summed E-state index contributed by atoms with van der Waals surface area (Å²) in [7, 11) is 5.30. The molecule has 0 aliphatic heterocycles. The number of benzene rings is 1. The Morgan fingerprint density at radius 2 is 2.00 bits per heavy atom. The van der Waals surface area contributed by atoms with Gasteiger partial charge in [-0.25, -0.2) is 4.39 Å². The third-order valence-corrected chi connectivity index (χ3v) is 1.68. The molecule has 56 valence electrons. The van der Waals surface area contributed by atoms with Gasteiger partial charge in [-0.3, -0.25) is 0 Å². The van der Waals surface area contributed by atoms with Gasteiger partial charge in [0.2, 0.25) is 0 Å². The van der Waals surface area contributed by atoms with Crippen molar-refractivity contribution in [3.63, 3.8) is 0 Å². The van der Waals surface area contributed by atoms with Gasteiger partial charge in [-0.15, -0.1) is 0 Å². The summed E-state index contributed by atoms with van der Waals surface area (Å²) in [5.41, 5.74) is 0.890. The molecule has 0 unspecified atom stereocenters. The molecule has 2 radical (unpaired) electrons. The zero-order valence-electron chi connectivity index (χ0n) is 6.48. The van der Waals surface area contributed by atoms with Crippen molar-refractivity contribution in [2.75, 3.05) is 0 Å². The molecule has 0 spiro atoms. The molecule has 0 amide bonds. The molecule has 1 rings (SSSR count). The average Bonchev–Trinajstić information content (AvgIpc) is 1.97. The number of phenolic OH excluding ortho intramolecular Hbond substituents is 1. The third kappa shape index (κ3) is 1.23. The van der Waals surface area contributed by atoms with Crippen LogP contribution in [0.15, 0.2) is 6.07 Å². The minimum Gasteiger partial charge on any atom is -0.507 e. The largest absolute Gasteiger partial charge is 0.507 e. The van der Waals surface area contributed by atoms with Gasteiger partial charge in [0, 0.05) is 5.56 Å². The molecule has 1 N–H and O–H groups in total. The highest BCUT2D eigenvalue weighted by Crippen LogP contribution is 2.21. The topological polar surface area (TPSA) is 20.2 Å². The van der Waals surface area contributed by atoms with E-state index in [1.165, 1.54) is 13.0 Å². The minimum atomic E-state index is -0.534. The number of hydrogen-bond donors (Lipinski definition) is 1. The molecule has 0 fully saturated rings. The maximum atomic E-state index is 12.9. The van der Waals surface area contributed by atoms with E-state index in [-0.39, 0.29) is 16.8 Å². The minimum absolute atomic E-state index is 0.0169. The molecule has 0 saturated carbocycles. The van der Waals surface area contributed by atoms with Crippen molar-refractivity contribution in [3.8, 4) is 5.75 Å². The third-order valence-electron chi connectivity index (χ3n) is 1.68. The van der Waals surface area contributed by atoms with E-state index in [9.17, 15) is 9.50 Å². The van der Waals surface area contributed by atoms with Crippen LogP contribution in [0, 0.1) is 19.7 Å². The smallest absolute Gasteiger partial charge is 0.124 e. The van der Waals surface area contributed by atoms with Crippen LogP contribution in [0.4, 0.5) is 4.39 Å². The van der Waals surface area contributed by atoms with Crippen LogP contribution < -0.4 is 5.46 Å². The molecule has 0 aromatic heterocycles. The summed E-state index contributed by atoms with van der Waals surface area (Å²) >= 11 is 0. The summed E-state index contributed by atoms with van der Waals surface area (Å²) in [6.45, 7) is 3.17. The molecule has 1 aromatic carbocycles. The van der Waals surface area contributed by atoms with Crippen molar-refractivity contribution < 1.29 is 9.50 Å². The van der Waals surface area contributed by atoms with Gasteiger partial charge in [-0.2, -0.15) is 0 Å². The van der Waals surface area contributed by atoms with E-state index < -0.39 is 5.82 Å². The lowest BCUT2D eigenvalue weighted by Crippen LogP contribution is -2.10. The van der Waals surface area contributed by atoms with Gasteiger partial charge in [0.05, 0.1) is 0 Å². The molecule has 1 nitrogen and oxygen atoms in total. The first-order valence-corrected chi connectivity index (χ1v) is 3.28. The number of aromatic hydroxyl groups is 1. The van der Waals surface area contributed by atoms with E-state index in [0.717, 1.165) is 0 Å². The van der Waals surface area contributed by atoms with Gasteiger partial charge >= 0.3 is 0 Å². The Labute approximate surface area is 66.3 Å². The van der Waals surface area contributed by atoms with Crippen LogP contribution >= 0.6 is 0 Å². The number of hydrogen-bond acceptors (Lipinski definition) is 1. The standard InChI is InChI=1S/C8H8BFO/c1-4-3-6(9)7(10)5(2)8(4)11/h3,11H,1-2H3. The first kappa shape index (κ1) is 8.11. The van der Waals surface area contributed by atoms with Crippen LogP contribution in [0.3, 0.4) is 0 Å². The molecule has 3 heteroatoms. The predicted octanol–water partition coefficient (Wildman–Crippen LogP) is 0.942. The zero-order valence-corrected chi connectivity index (χ0v) is 6.48. The Morgan fingerprint density at radius 3 is 2.55 bits per heavy atom. The van der Waals surface area contributed by atoms with Crippen LogP contribution in [0.25, 0.3) is 0 Å². The van der Waals surface area contributed by atoms with Gasteiger partial charge < -0.3 is 5.11 Å². The molecule has 0 atom stereocenters. The lowest BCUT2D eigenvalue weighted by Gasteiger charge is -2.06. The number of rotatable bonds is 0. The summed E-state index contributed by atoms with van der Waals surface area (Å²) in [6, 6.07) is 1.41. The van der Waals surface area contributed by atoms with Crippen LogP contribution in [-0.2, 0) is 0 Å². The maximum Gasteiger partial charge on any atom is 0.124 e. The van der Waals surface area contributed by atoms with E-state index in [4.69, 9.17) is 7.85 Å². The Kier molecular flexibility index (Phi) is 1.89. The SMILES string of the molecule is [B]c1cc(C)c(O)c(C)c1F. The Morgan fingerprint density at radius 1 is 1.45 bits per heavy atom. The summed E-state index contributed by atoms with van der Waals surface area (Å²) in [6.07, 6.45) is 0. The van der Waals surface area contributed by atoms with Crippen molar-refractivity contribution in [2.24, 2.45) is 0 Å². The van der Waals surface area contributed by atoms with E-state index in [1.807, 2.05) is 0 Å². The summed E-state index contributed by atoms with van der Waals surface area (Å²) < 4.78 is 12.9. The summed E-state index contributed by atoms with van der Waals surface area (Å²) in [4.78, 5) is 0. The van der Waals surface area contributed by atoms with Crippen LogP contribution in [0.2, 0.25) is 0 Å². The average molecular weight is 150 g/mol. The second kappa shape index (κ2) is 2.57. The van der Waals surface area contributed by atoms with Crippen molar-refractivity contribution in [2.45, 2.75) is 13.8 Å². The number of halogens is 1. The van der Waals surface area contributed by atoms with Crippen LogP contribution in [-0.4, -0.2) is 13.0 Å². The van der Waals surface area contributed by atoms with Gasteiger partial charge in [0.1, 0.15) is 19.4 Å². The maximum absolute atomic E-state index is 12.9. The fourth-order valence-electron chi connectivity index (χ4n) is 0.981. The van der Waals surface area contributed by atoms with E-state index >= 15 is 0 Å². The monoisotopic (exact) mass is 150 g/mol. The van der Waals surface area contributed by atoms with Gasteiger partial charge in [-0.05, 0) is 19.4 Å². The Hall–Kier alpha value is -0.985. The molecular formula is C8H8BFO. The summed E-state index contributed by atoms with van der Waals surface area (Å²) in [5.74, 6) is -0.551. The second-order valence-electron chi connectivity index (χ2n) is 2.57. The predicted molar refractivity (Wildman–Crippen MR) is 42.9 cm³/mol. The highest BCUT2D eigenvalue weighted by Gasteiger charge is 2.07. The Balaban J connectivity index is 3.46. The highest BCUT2D eigenvalue weighted by molar-refractivity contribution is 6.32. The zero-order chi connectivity index (χ0) is 8.59. The van der Waals surface area contributed by atoms with Gasteiger partial charge in [0.25, 0.3) is 0 Å². The first-order valence-electron chi connectivity index (χ1n) is 3.28. The second-order valence-corrected chi connectivity index (χ2v) is 2.57. The van der Waals surface area contributed by atoms with E-state index in [1.54, 1.807) is 6.92 Å². The van der Waals surface area contributed by atoms with Gasteiger partial charge in [0.15, 0.2) is 0 Å². The lowest BCUT2D eigenvalue weighted by molar-refractivity contribution is 0.459. The molecular weight excluding hydrogens is 142 g/mol. The molecule has 11 heavy (non-hydrogen) atoms. The van der Waals surface area contributed by atoms with E-state index in [0.29, 0.717) is 5.56 Å². The van der Waals surface area contributed by atoms with Gasteiger partial charge in [-0.1, -0.05) is 11.5 Å². The van der Waals surface area contributed by atoms with Crippen molar-refractivity contribution in [1.82, 2.24) is 0 Å². The molecule has 0 bridgehead atoms. The fourth-order valence-corrected chi connectivity index (χ4v) is 0.981. The van der Waals surface area contributed by atoms with Crippen molar-refractivity contribution in [3.05, 3.63) is 23.0 Å². The van der Waals surface area contributed by atoms with E-state index in [2.05, 4.69) is 0 Å². The molecule has 0 heterocycles. The fraction of sp³-hybridized carbons (Fsp3) is 0.250. The molecule has 1 aromatic rings. The lowest BCUT2D eigenvalue weighted by atomic mass is 9.91. The molecule has 0 aliphatic carbocycles. The molecule has 0 saturated heterocycles. The van der Waals surface area contributed by atoms with Crippen LogP contribution in [0.5, 0.6) is 5.75 Å². The number of aryl methyl sites for hydroxylation is 1. The molecule has 0 aliphatic rings. The van der Waals surface area contributed by atoms with Crippen LogP contribution in [0.1, 0.15) is 11.1 Å². The van der Waals surface area contributed by atoms with Crippen molar-refractivity contribution in [1.29, 1.82) is 0 Å². The normalized spacial score (nSPS) is 10.1.